The largest absolute Gasteiger partial charge is 0.468 e. The van der Waals surface area contributed by atoms with Crippen LogP contribution >= 0.6 is 27.5 Å². The maximum Gasteiger partial charge on any atom is 0.277 e. The highest BCUT2D eigenvalue weighted by molar-refractivity contribution is 9.10. The summed E-state index contributed by atoms with van der Waals surface area (Å²) in [6.07, 6.45) is 3.23. The number of hydrogen-bond acceptors (Lipinski definition) is 4. The molecule has 0 atom stereocenters. The Hall–Kier alpha value is -3.24. The molecule has 7 nitrogen and oxygen atoms in total. The van der Waals surface area contributed by atoms with Crippen LogP contribution in [0.5, 0.6) is 5.75 Å². The summed E-state index contributed by atoms with van der Waals surface area (Å²) < 4.78 is 35.4. The molecular weight excluding hydrogens is 508 g/mol. The number of benzene rings is 2. The Morgan fingerprint density at radius 3 is 2.72 bits per heavy atom. The molecule has 0 bridgehead atoms. The highest BCUT2D eigenvalue weighted by Crippen LogP contribution is 2.23. The fourth-order valence-electron chi connectivity index (χ4n) is 2.82. The number of ether oxygens (including phenoxy) is 1. The van der Waals surface area contributed by atoms with Crippen LogP contribution in [0.15, 0.2) is 65.4 Å². The second-order valence-corrected chi connectivity index (χ2v) is 7.92. The van der Waals surface area contributed by atoms with Crippen molar-refractivity contribution in [1.82, 2.24) is 19.6 Å². The summed E-state index contributed by atoms with van der Waals surface area (Å²) in [6.45, 7) is 0.270. The first-order valence-corrected chi connectivity index (χ1v) is 10.4. The highest BCUT2D eigenvalue weighted by atomic mass is 79.9. The molecule has 0 aliphatic rings. The molecule has 0 aliphatic carbocycles. The van der Waals surface area contributed by atoms with Gasteiger partial charge in [-0.25, -0.2) is 13.5 Å². The van der Waals surface area contributed by atoms with Gasteiger partial charge in [0.05, 0.1) is 11.0 Å². The van der Waals surface area contributed by atoms with Crippen molar-refractivity contribution in [3.63, 3.8) is 0 Å². The first-order chi connectivity index (χ1) is 15.4. The molecule has 1 N–H and O–H groups in total. The van der Waals surface area contributed by atoms with Gasteiger partial charge in [-0.15, -0.1) is 0 Å². The first-order valence-electron chi connectivity index (χ1n) is 9.28. The molecule has 0 unspecified atom stereocenters. The topological polar surface area (TPSA) is 74.0 Å². The minimum atomic E-state index is -0.827. The van der Waals surface area contributed by atoms with Crippen molar-refractivity contribution >= 4 is 39.3 Å². The summed E-state index contributed by atoms with van der Waals surface area (Å²) in [5.74, 6) is -1.82. The van der Waals surface area contributed by atoms with Gasteiger partial charge >= 0.3 is 0 Å². The average Bonchev–Trinajstić information content (AvgIpc) is 3.36. The second kappa shape index (κ2) is 9.49. The zero-order chi connectivity index (χ0) is 22.7. The predicted molar refractivity (Wildman–Crippen MR) is 118 cm³/mol. The van der Waals surface area contributed by atoms with Crippen LogP contribution in [-0.2, 0) is 13.3 Å². The SMILES string of the molecule is O=C(Nc1nn(Cc2ccccc2Cl)cc1Br)c1ccn(COc2ccc(F)cc2F)n1. The van der Waals surface area contributed by atoms with Crippen molar-refractivity contribution in [3.05, 3.63) is 93.3 Å². The van der Waals surface area contributed by atoms with E-state index in [1.807, 2.05) is 18.2 Å². The van der Waals surface area contributed by atoms with Crippen molar-refractivity contribution in [2.24, 2.45) is 0 Å². The molecular formula is C21H15BrClF2N5O2. The second-order valence-electron chi connectivity index (χ2n) is 6.66. The minimum absolute atomic E-state index is 0.112. The van der Waals surface area contributed by atoms with Gasteiger partial charge in [-0.1, -0.05) is 29.8 Å². The number of rotatable bonds is 7. The summed E-state index contributed by atoms with van der Waals surface area (Å²) in [5, 5.41) is 11.8. The molecule has 4 aromatic rings. The van der Waals surface area contributed by atoms with E-state index in [1.54, 1.807) is 16.9 Å². The van der Waals surface area contributed by atoms with Gasteiger partial charge in [-0.05, 0) is 45.8 Å². The van der Waals surface area contributed by atoms with Crippen molar-refractivity contribution < 1.29 is 18.3 Å². The van der Waals surface area contributed by atoms with Crippen LogP contribution in [0.3, 0.4) is 0 Å². The fourth-order valence-corrected chi connectivity index (χ4v) is 3.43. The molecule has 0 spiro atoms. The average molecular weight is 523 g/mol. The molecule has 2 aromatic carbocycles. The quantitative estimate of drug-likeness (QED) is 0.366. The molecule has 2 aromatic heterocycles. The predicted octanol–water partition coefficient (Wildman–Crippen LogP) is 5.11. The van der Waals surface area contributed by atoms with Crippen LogP contribution in [0.25, 0.3) is 0 Å². The van der Waals surface area contributed by atoms with Gasteiger partial charge in [-0.2, -0.15) is 10.2 Å². The van der Waals surface area contributed by atoms with Crippen LogP contribution in [0.4, 0.5) is 14.6 Å². The number of carbonyl (C=O) groups excluding carboxylic acids is 1. The van der Waals surface area contributed by atoms with Gasteiger partial charge in [0, 0.05) is 23.5 Å². The van der Waals surface area contributed by atoms with Crippen molar-refractivity contribution in [2.45, 2.75) is 13.3 Å². The zero-order valence-corrected chi connectivity index (χ0v) is 18.6. The van der Waals surface area contributed by atoms with Crippen LogP contribution in [0.1, 0.15) is 16.1 Å². The molecule has 0 saturated heterocycles. The lowest BCUT2D eigenvalue weighted by Gasteiger charge is -2.07. The summed E-state index contributed by atoms with van der Waals surface area (Å²) >= 11 is 9.57. The number of halogens is 4. The Labute approximate surface area is 194 Å². The smallest absolute Gasteiger partial charge is 0.277 e. The molecule has 0 saturated carbocycles. The van der Waals surface area contributed by atoms with Crippen molar-refractivity contribution in [1.29, 1.82) is 0 Å². The Morgan fingerprint density at radius 1 is 1.12 bits per heavy atom. The maximum atomic E-state index is 13.6. The minimum Gasteiger partial charge on any atom is -0.468 e. The number of nitrogens with one attached hydrogen (secondary N) is 1. The number of aromatic nitrogens is 4. The number of nitrogens with zero attached hydrogens (tertiary/aromatic N) is 4. The van der Waals surface area contributed by atoms with E-state index in [1.165, 1.54) is 23.0 Å². The first kappa shape index (κ1) is 22.0. The summed E-state index contributed by atoms with van der Waals surface area (Å²) in [7, 11) is 0. The van der Waals surface area contributed by atoms with E-state index < -0.39 is 17.5 Å². The van der Waals surface area contributed by atoms with Crippen LogP contribution in [-0.4, -0.2) is 25.5 Å². The molecule has 32 heavy (non-hydrogen) atoms. The van der Waals surface area contributed by atoms with E-state index in [4.69, 9.17) is 16.3 Å². The van der Waals surface area contributed by atoms with Gasteiger partial charge in [0.2, 0.25) is 0 Å². The molecule has 2 heterocycles. The molecule has 0 fully saturated rings. The summed E-state index contributed by atoms with van der Waals surface area (Å²) in [4.78, 5) is 12.5. The van der Waals surface area contributed by atoms with Crippen LogP contribution in [0.2, 0.25) is 5.02 Å². The van der Waals surface area contributed by atoms with E-state index in [2.05, 4.69) is 31.4 Å². The fraction of sp³-hybridized carbons (Fsp3) is 0.0952. The lowest BCUT2D eigenvalue weighted by Crippen LogP contribution is -2.15. The van der Waals surface area contributed by atoms with E-state index in [0.29, 0.717) is 21.9 Å². The number of anilines is 1. The van der Waals surface area contributed by atoms with Gasteiger partial charge in [0.25, 0.3) is 5.91 Å². The normalized spacial score (nSPS) is 10.9. The number of hydrogen-bond donors (Lipinski definition) is 1. The molecule has 0 radical (unpaired) electrons. The van der Waals surface area contributed by atoms with E-state index in [9.17, 15) is 13.6 Å². The third-order valence-corrected chi connectivity index (χ3v) is 5.31. The third-order valence-electron chi connectivity index (χ3n) is 4.36. The van der Waals surface area contributed by atoms with Gasteiger partial charge in [0.15, 0.2) is 29.8 Å². The zero-order valence-electron chi connectivity index (χ0n) is 16.3. The monoisotopic (exact) mass is 521 g/mol. The van der Waals surface area contributed by atoms with Crippen molar-refractivity contribution in [3.8, 4) is 5.75 Å². The lowest BCUT2D eigenvalue weighted by molar-refractivity contribution is 0.101. The van der Waals surface area contributed by atoms with E-state index in [0.717, 1.165) is 17.7 Å². The summed E-state index contributed by atoms with van der Waals surface area (Å²) in [5.41, 5.74) is 0.999. The van der Waals surface area contributed by atoms with E-state index >= 15 is 0 Å². The van der Waals surface area contributed by atoms with Crippen molar-refractivity contribution in [2.75, 3.05) is 5.32 Å². The van der Waals surface area contributed by atoms with Gasteiger partial charge in [-0.3, -0.25) is 9.48 Å². The standard InChI is InChI=1S/C21H15BrClF2N5O2/c22-15-11-30(10-13-3-1-2-4-16(13)23)28-20(15)26-21(31)18-7-8-29(27-18)12-32-19-6-5-14(24)9-17(19)25/h1-9,11H,10,12H2,(H,26,28,31). The highest BCUT2D eigenvalue weighted by Gasteiger charge is 2.15. The van der Waals surface area contributed by atoms with Crippen LogP contribution < -0.4 is 10.1 Å². The molecule has 11 heteroatoms. The molecule has 0 aliphatic heterocycles. The lowest BCUT2D eigenvalue weighted by atomic mass is 10.2. The van der Waals surface area contributed by atoms with E-state index in [-0.39, 0.29) is 18.2 Å². The van der Waals surface area contributed by atoms with Gasteiger partial charge < -0.3 is 10.1 Å². The third kappa shape index (κ3) is 5.14. The maximum absolute atomic E-state index is 13.6. The number of carbonyl (C=O) groups is 1. The Bertz CT molecular complexity index is 1280. The molecule has 4 rings (SSSR count). The Kier molecular flexibility index (Phi) is 6.52. The Balaban J connectivity index is 1.39. The van der Waals surface area contributed by atoms with Gasteiger partial charge in [0.1, 0.15) is 5.82 Å². The number of amides is 1. The molecule has 1 amide bonds. The Morgan fingerprint density at radius 2 is 1.94 bits per heavy atom. The van der Waals surface area contributed by atoms with Crippen LogP contribution in [0, 0.1) is 11.6 Å². The summed E-state index contributed by atoms with van der Waals surface area (Å²) in [6, 6.07) is 11.9. The molecule has 164 valence electrons.